The third-order valence-electron chi connectivity index (χ3n) is 9.83. The minimum atomic E-state index is 0.157. The first-order chi connectivity index (χ1) is 24.9. The van der Waals surface area contributed by atoms with Gasteiger partial charge < -0.3 is 19.1 Å². The first kappa shape index (κ1) is 46.8. The van der Waals surface area contributed by atoms with Crippen molar-refractivity contribution in [3.63, 3.8) is 0 Å². The van der Waals surface area contributed by atoms with Crippen LogP contribution in [0.1, 0.15) is 187 Å². The van der Waals surface area contributed by atoms with Gasteiger partial charge in [0.25, 0.3) is 0 Å². The molecule has 292 valence electrons. The first-order valence-electron chi connectivity index (χ1n) is 22.0. The molecule has 50 heavy (non-hydrogen) atoms. The van der Waals surface area contributed by atoms with Gasteiger partial charge in [-0.15, -0.1) is 0 Å². The molecule has 0 aliphatic carbocycles. The summed E-state index contributed by atoms with van der Waals surface area (Å²) in [5.41, 5.74) is 0. The normalized spacial score (nSPS) is 14.9. The molecule has 0 N–H and O–H groups in total. The van der Waals surface area contributed by atoms with E-state index in [0.29, 0.717) is 6.61 Å². The Bertz CT molecular complexity index is 769. The van der Waals surface area contributed by atoms with Gasteiger partial charge in [0, 0.05) is 26.4 Å². The second-order valence-corrected chi connectivity index (χ2v) is 14.7. The van der Waals surface area contributed by atoms with Crippen LogP contribution >= 0.6 is 0 Å². The molecular formula is C46H85NO3. The topological polar surface area (TPSA) is 30.9 Å². The van der Waals surface area contributed by atoms with E-state index in [1.807, 2.05) is 0 Å². The van der Waals surface area contributed by atoms with Crippen molar-refractivity contribution in [3.8, 4) is 0 Å². The molecule has 1 fully saturated rings. The zero-order valence-corrected chi connectivity index (χ0v) is 33.6. The maximum Gasteiger partial charge on any atom is 0.0830 e. The molecule has 0 saturated carbocycles. The average Bonchev–Trinajstić information content (AvgIpc) is 3.65. The van der Waals surface area contributed by atoms with Crippen LogP contribution in [-0.2, 0) is 14.2 Å². The van der Waals surface area contributed by atoms with Crippen molar-refractivity contribution < 1.29 is 14.2 Å². The van der Waals surface area contributed by atoms with E-state index in [-0.39, 0.29) is 6.10 Å². The zero-order chi connectivity index (χ0) is 35.7. The van der Waals surface area contributed by atoms with Crippen LogP contribution in [0.5, 0.6) is 0 Å². The largest absolute Gasteiger partial charge is 0.380 e. The summed E-state index contributed by atoms with van der Waals surface area (Å²) < 4.78 is 18.5. The Morgan fingerprint density at radius 1 is 0.460 bits per heavy atom. The highest BCUT2D eigenvalue weighted by Gasteiger charge is 2.12. The van der Waals surface area contributed by atoms with Crippen molar-refractivity contribution >= 4 is 0 Å². The van der Waals surface area contributed by atoms with Crippen LogP contribution in [0.15, 0.2) is 48.6 Å². The molecule has 0 radical (unpaired) electrons. The Morgan fingerprint density at radius 3 is 1.44 bits per heavy atom. The van der Waals surface area contributed by atoms with Gasteiger partial charge in [-0.2, -0.15) is 0 Å². The molecule has 1 saturated heterocycles. The van der Waals surface area contributed by atoms with Crippen LogP contribution in [0, 0.1) is 0 Å². The number of unbranched alkanes of at least 4 members (excludes halogenated alkanes) is 18. The van der Waals surface area contributed by atoms with Crippen molar-refractivity contribution in [3.05, 3.63) is 48.6 Å². The van der Waals surface area contributed by atoms with Crippen LogP contribution in [0.25, 0.3) is 0 Å². The van der Waals surface area contributed by atoms with Crippen LogP contribution in [0.3, 0.4) is 0 Å². The molecule has 1 rings (SSSR count). The number of nitrogens with zero attached hydrogens (tertiary/aromatic N) is 1. The highest BCUT2D eigenvalue weighted by Crippen LogP contribution is 2.12. The fourth-order valence-electron chi connectivity index (χ4n) is 6.48. The van der Waals surface area contributed by atoms with Crippen molar-refractivity contribution in [1.29, 1.82) is 0 Å². The summed E-state index contributed by atoms with van der Waals surface area (Å²) in [5, 5.41) is 0. The van der Waals surface area contributed by atoms with Crippen molar-refractivity contribution in [1.82, 2.24) is 4.90 Å². The molecule has 0 spiro atoms. The molecule has 1 heterocycles. The minimum absolute atomic E-state index is 0.157. The van der Waals surface area contributed by atoms with Crippen molar-refractivity contribution in [2.75, 3.05) is 52.7 Å². The van der Waals surface area contributed by atoms with Gasteiger partial charge in [0.05, 0.1) is 19.3 Å². The smallest absolute Gasteiger partial charge is 0.0830 e. The summed E-state index contributed by atoms with van der Waals surface area (Å²) in [6.45, 7) is 12.1. The molecule has 1 aliphatic rings. The van der Waals surface area contributed by atoms with Crippen molar-refractivity contribution in [2.24, 2.45) is 0 Å². The Kier molecular flexibility index (Phi) is 38.0. The van der Waals surface area contributed by atoms with E-state index in [4.69, 9.17) is 14.2 Å². The van der Waals surface area contributed by atoms with Crippen LogP contribution in [0.4, 0.5) is 0 Å². The second kappa shape index (κ2) is 40.6. The lowest BCUT2D eigenvalue weighted by Crippen LogP contribution is -2.26. The predicted octanol–water partition coefficient (Wildman–Crippen LogP) is 13.5. The van der Waals surface area contributed by atoms with E-state index in [0.717, 1.165) is 65.1 Å². The molecule has 1 aliphatic heterocycles. The molecule has 0 aromatic heterocycles. The van der Waals surface area contributed by atoms with E-state index in [1.165, 1.54) is 154 Å². The Morgan fingerprint density at radius 2 is 0.920 bits per heavy atom. The summed E-state index contributed by atoms with van der Waals surface area (Å²) in [6.07, 6.45) is 53.2. The first-order valence-corrected chi connectivity index (χ1v) is 22.0. The summed E-state index contributed by atoms with van der Waals surface area (Å²) in [6, 6.07) is 0. The summed E-state index contributed by atoms with van der Waals surface area (Å²) >= 11 is 0. The van der Waals surface area contributed by atoms with Gasteiger partial charge in [-0.25, -0.2) is 0 Å². The van der Waals surface area contributed by atoms with E-state index in [2.05, 4.69) is 67.4 Å². The molecule has 4 heteroatoms. The number of likely N-dealkylation sites (tertiary alicyclic amines) is 1. The zero-order valence-electron chi connectivity index (χ0n) is 33.6. The van der Waals surface area contributed by atoms with E-state index >= 15 is 0 Å². The molecule has 0 bridgehead atoms. The highest BCUT2D eigenvalue weighted by molar-refractivity contribution is 4.93. The molecule has 4 nitrogen and oxygen atoms in total. The number of hydrogen-bond donors (Lipinski definition) is 0. The minimum Gasteiger partial charge on any atom is -0.380 e. The number of allylic oxidation sites excluding steroid dienone is 8. The van der Waals surface area contributed by atoms with Crippen molar-refractivity contribution in [2.45, 2.75) is 193 Å². The summed E-state index contributed by atoms with van der Waals surface area (Å²) in [5.74, 6) is 0. The number of rotatable bonds is 39. The summed E-state index contributed by atoms with van der Waals surface area (Å²) in [4.78, 5) is 2.52. The lowest BCUT2D eigenvalue weighted by atomic mass is 10.1. The van der Waals surface area contributed by atoms with Crippen LogP contribution in [0.2, 0.25) is 0 Å². The fourth-order valence-corrected chi connectivity index (χ4v) is 6.48. The fraction of sp³-hybridized carbons (Fsp3) is 0.826. The maximum absolute atomic E-state index is 6.34. The third kappa shape index (κ3) is 35.2. The lowest BCUT2D eigenvalue weighted by molar-refractivity contribution is -0.0356. The number of ether oxygens (including phenoxy) is 3. The quantitative estimate of drug-likeness (QED) is 0.0472. The molecule has 0 amide bonds. The molecular weight excluding hydrogens is 615 g/mol. The molecule has 1 unspecified atom stereocenters. The Balaban J connectivity index is 2.05. The van der Waals surface area contributed by atoms with Gasteiger partial charge in [-0.3, -0.25) is 0 Å². The maximum atomic E-state index is 6.34. The van der Waals surface area contributed by atoms with E-state index < -0.39 is 0 Å². The molecule has 0 aromatic rings. The van der Waals surface area contributed by atoms with Crippen LogP contribution < -0.4 is 0 Å². The van der Waals surface area contributed by atoms with Crippen LogP contribution in [-0.4, -0.2) is 63.7 Å². The lowest BCUT2D eigenvalue weighted by Gasteiger charge is -2.19. The SMILES string of the molecule is CCCCC/C=C/C/C=C/CCCCCCCCOCC(CCOCCN1CCCC1)OCCCCCCCC/C=C/C/C=C/CCCCC. The summed E-state index contributed by atoms with van der Waals surface area (Å²) in [7, 11) is 0. The standard InChI is InChI=1S/C46H85NO3/c1-3-5-7-9-11-13-15-17-19-21-23-25-27-29-31-35-41-49-45-46(37-43-48-44-40-47-38-33-34-39-47)50-42-36-32-30-28-26-24-22-20-18-16-14-12-10-8-6-4-2/h11-14,17-20,46H,3-10,15-16,21-45H2,1-2H3/b13-11+,14-12+,19-17+,20-18+. The van der Waals surface area contributed by atoms with Gasteiger partial charge in [0.1, 0.15) is 0 Å². The predicted molar refractivity (Wildman–Crippen MR) is 220 cm³/mol. The number of hydrogen-bond acceptors (Lipinski definition) is 4. The Hall–Kier alpha value is -1.20. The van der Waals surface area contributed by atoms with E-state index in [9.17, 15) is 0 Å². The van der Waals surface area contributed by atoms with Gasteiger partial charge in [0.15, 0.2) is 0 Å². The van der Waals surface area contributed by atoms with Gasteiger partial charge in [0.2, 0.25) is 0 Å². The molecule has 1 atom stereocenters. The highest BCUT2D eigenvalue weighted by atomic mass is 16.5. The van der Waals surface area contributed by atoms with Gasteiger partial charge in [-0.05, 0) is 109 Å². The Labute approximate surface area is 312 Å². The van der Waals surface area contributed by atoms with Gasteiger partial charge >= 0.3 is 0 Å². The van der Waals surface area contributed by atoms with Gasteiger partial charge in [-0.1, -0.05) is 140 Å². The third-order valence-corrected chi connectivity index (χ3v) is 9.83. The monoisotopic (exact) mass is 700 g/mol. The molecule has 0 aromatic carbocycles. The van der Waals surface area contributed by atoms with E-state index in [1.54, 1.807) is 0 Å². The average molecular weight is 700 g/mol. The second-order valence-electron chi connectivity index (χ2n) is 14.7.